The van der Waals surface area contributed by atoms with Crippen molar-refractivity contribution in [3.8, 4) is 0 Å². The molecule has 1 aromatic rings. The van der Waals surface area contributed by atoms with Gasteiger partial charge in [0.2, 0.25) is 0 Å². The molecule has 1 aromatic carbocycles. The number of nitrogens with one attached hydrogen (secondary N) is 2. The molecule has 1 aliphatic heterocycles. The van der Waals surface area contributed by atoms with E-state index in [1.807, 2.05) is 4.90 Å². The summed E-state index contributed by atoms with van der Waals surface area (Å²) in [5, 5.41) is 10.3. The van der Waals surface area contributed by atoms with Gasteiger partial charge in [-0.3, -0.25) is 5.41 Å². The number of carbonyl (C=O) groups excluding carboxylic acids is 1. The van der Waals surface area contributed by atoms with Crippen LogP contribution in [-0.2, 0) is 0 Å². The van der Waals surface area contributed by atoms with Crippen molar-refractivity contribution in [3.05, 3.63) is 29.8 Å². The van der Waals surface area contributed by atoms with Gasteiger partial charge in [-0.15, -0.1) is 0 Å². The van der Waals surface area contributed by atoms with Gasteiger partial charge in [0.25, 0.3) is 0 Å². The number of amides is 2. The molecule has 102 valence electrons. The summed E-state index contributed by atoms with van der Waals surface area (Å²) in [6, 6.07) is 6.98. The van der Waals surface area contributed by atoms with Crippen LogP contribution in [0.25, 0.3) is 0 Å². The molecule has 1 heterocycles. The van der Waals surface area contributed by atoms with Crippen molar-refractivity contribution in [1.29, 1.82) is 5.41 Å². The number of amidine groups is 1. The van der Waals surface area contributed by atoms with Crippen LogP contribution in [0.3, 0.4) is 0 Å². The maximum Gasteiger partial charge on any atom is 0.321 e. The summed E-state index contributed by atoms with van der Waals surface area (Å²) < 4.78 is 0. The lowest BCUT2D eigenvalue weighted by molar-refractivity contribution is 0.182. The van der Waals surface area contributed by atoms with E-state index in [4.69, 9.17) is 11.1 Å². The zero-order valence-corrected chi connectivity index (χ0v) is 11.1. The lowest BCUT2D eigenvalue weighted by Gasteiger charge is -2.30. The van der Waals surface area contributed by atoms with E-state index in [0.717, 1.165) is 19.5 Å². The standard InChI is InChI=1S/C14H20N4O/c1-10-4-3-7-18(9-10)14(19)17-12-6-2-5-11(8-12)13(15)16/h2,5-6,8,10H,3-4,7,9H2,1H3,(H3,15,16)(H,17,19). The van der Waals surface area contributed by atoms with Crippen LogP contribution in [0.5, 0.6) is 0 Å². The Kier molecular flexibility index (Phi) is 4.04. The van der Waals surface area contributed by atoms with Gasteiger partial charge in [0.15, 0.2) is 0 Å². The Morgan fingerprint density at radius 1 is 1.53 bits per heavy atom. The van der Waals surface area contributed by atoms with Gasteiger partial charge in [-0.05, 0) is 30.9 Å². The number of benzene rings is 1. The maximum absolute atomic E-state index is 12.1. The number of hydrogen-bond donors (Lipinski definition) is 3. The van der Waals surface area contributed by atoms with E-state index in [1.54, 1.807) is 24.3 Å². The summed E-state index contributed by atoms with van der Waals surface area (Å²) in [6.07, 6.45) is 2.24. The topological polar surface area (TPSA) is 82.2 Å². The fourth-order valence-corrected chi connectivity index (χ4v) is 2.34. The van der Waals surface area contributed by atoms with Gasteiger partial charge in [-0.1, -0.05) is 19.1 Å². The highest BCUT2D eigenvalue weighted by Crippen LogP contribution is 2.17. The van der Waals surface area contributed by atoms with E-state index in [1.165, 1.54) is 6.42 Å². The van der Waals surface area contributed by atoms with Crippen LogP contribution in [-0.4, -0.2) is 29.9 Å². The first kappa shape index (κ1) is 13.4. The summed E-state index contributed by atoms with van der Waals surface area (Å²) in [4.78, 5) is 14.0. The first-order valence-corrected chi connectivity index (χ1v) is 6.56. The molecular formula is C14H20N4O. The Hall–Kier alpha value is -2.04. The van der Waals surface area contributed by atoms with E-state index in [0.29, 0.717) is 17.2 Å². The van der Waals surface area contributed by atoms with Crippen LogP contribution in [0.1, 0.15) is 25.3 Å². The van der Waals surface area contributed by atoms with Gasteiger partial charge in [-0.25, -0.2) is 4.79 Å². The summed E-state index contributed by atoms with van der Waals surface area (Å²) in [6.45, 7) is 3.77. The van der Waals surface area contributed by atoms with Crippen molar-refractivity contribution in [2.75, 3.05) is 18.4 Å². The molecule has 0 spiro atoms. The lowest BCUT2D eigenvalue weighted by atomic mass is 10.0. The average molecular weight is 260 g/mol. The minimum atomic E-state index is -0.0766. The summed E-state index contributed by atoms with van der Waals surface area (Å²) in [7, 11) is 0. The number of piperidine rings is 1. The normalized spacial score (nSPS) is 19.0. The van der Waals surface area contributed by atoms with Gasteiger partial charge < -0.3 is 16.0 Å². The number of hydrogen-bond acceptors (Lipinski definition) is 2. The van der Waals surface area contributed by atoms with Crippen molar-refractivity contribution in [2.45, 2.75) is 19.8 Å². The number of anilines is 1. The number of likely N-dealkylation sites (tertiary alicyclic amines) is 1. The van der Waals surface area contributed by atoms with Crippen LogP contribution < -0.4 is 11.1 Å². The lowest BCUT2D eigenvalue weighted by Crippen LogP contribution is -2.41. The van der Waals surface area contributed by atoms with Crippen LogP contribution in [0.4, 0.5) is 10.5 Å². The molecule has 0 saturated carbocycles. The van der Waals surface area contributed by atoms with Gasteiger partial charge in [-0.2, -0.15) is 0 Å². The first-order valence-electron chi connectivity index (χ1n) is 6.56. The first-order chi connectivity index (χ1) is 9.06. The zero-order chi connectivity index (χ0) is 13.8. The van der Waals surface area contributed by atoms with Gasteiger partial charge >= 0.3 is 6.03 Å². The second-order valence-corrected chi connectivity index (χ2v) is 5.12. The van der Waals surface area contributed by atoms with Gasteiger partial charge in [0.1, 0.15) is 5.84 Å². The molecule has 1 aliphatic rings. The second kappa shape index (κ2) is 5.73. The SMILES string of the molecule is CC1CCCN(C(=O)Nc2cccc(C(=N)N)c2)C1. The van der Waals surface area contributed by atoms with Crippen LogP contribution >= 0.6 is 0 Å². The van der Waals surface area contributed by atoms with E-state index in [-0.39, 0.29) is 11.9 Å². The quantitative estimate of drug-likeness (QED) is 0.563. The molecule has 2 amide bonds. The second-order valence-electron chi connectivity index (χ2n) is 5.12. The van der Waals surface area contributed by atoms with Crippen LogP contribution in [0, 0.1) is 11.3 Å². The molecule has 5 nitrogen and oxygen atoms in total. The Morgan fingerprint density at radius 3 is 3.00 bits per heavy atom. The van der Waals surface area contributed by atoms with E-state index in [2.05, 4.69) is 12.2 Å². The third-order valence-corrected chi connectivity index (χ3v) is 3.37. The summed E-state index contributed by atoms with van der Waals surface area (Å²) >= 11 is 0. The van der Waals surface area contributed by atoms with Crippen molar-refractivity contribution >= 4 is 17.6 Å². The highest BCUT2D eigenvalue weighted by Gasteiger charge is 2.20. The number of rotatable bonds is 2. The fourth-order valence-electron chi connectivity index (χ4n) is 2.34. The number of nitrogens with two attached hydrogens (primary N) is 1. The van der Waals surface area contributed by atoms with Gasteiger partial charge in [0.05, 0.1) is 0 Å². The van der Waals surface area contributed by atoms with Crippen molar-refractivity contribution in [3.63, 3.8) is 0 Å². The van der Waals surface area contributed by atoms with E-state index in [9.17, 15) is 4.79 Å². The predicted octanol–water partition coefficient (Wildman–Crippen LogP) is 2.23. The Labute approximate surface area is 113 Å². The maximum atomic E-state index is 12.1. The smallest absolute Gasteiger partial charge is 0.321 e. The predicted molar refractivity (Wildman–Crippen MR) is 76.4 cm³/mol. The molecule has 1 atom stereocenters. The molecule has 1 saturated heterocycles. The number of nitrogens with zero attached hydrogens (tertiary/aromatic N) is 1. The van der Waals surface area contributed by atoms with Crippen LogP contribution in [0.2, 0.25) is 0 Å². The average Bonchev–Trinajstić information content (AvgIpc) is 2.39. The Bertz CT molecular complexity index is 486. The summed E-state index contributed by atoms with van der Waals surface area (Å²) in [5.74, 6) is 0.561. The van der Waals surface area contributed by atoms with Gasteiger partial charge in [0, 0.05) is 24.3 Å². The molecule has 1 fully saturated rings. The molecule has 1 unspecified atom stereocenters. The van der Waals surface area contributed by atoms with Crippen LogP contribution in [0.15, 0.2) is 24.3 Å². The van der Waals surface area contributed by atoms with Crippen molar-refractivity contribution < 1.29 is 4.79 Å². The Balaban J connectivity index is 2.02. The number of carbonyl (C=O) groups is 1. The van der Waals surface area contributed by atoms with Crippen molar-refractivity contribution in [2.24, 2.45) is 11.7 Å². The zero-order valence-electron chi connectivity index (χ0n) is 11.1. The Morgan fingerprint density at radius 2 is 2.32 bits per heavy atom. The number of nitrogen functional groups attached to an aromatic ring is 1. The molecule has 4 N–H and O–H groups in total. The molecule has 19 heavy (non-hydrogen) atoms. The van der Waals surface area contributed by atoms with E-state index < -0.39 is 0 Å². The molecule has 0 aromatic heterocycles. The highest BCUT2D eigenvalue weighted by atomic mass is 16.2. The highest BCUT2D eigenvalue weighted by molar-refractivity contribution is 5.97. The molecule has 2 rings (SSSR count). The fraction of sp³-hybridized carbons (Fsp3) is 0.429. The number of urea groups is 1. The largest absolute Gasteiger partial charge is 0.384 e. The minimum absolute atomic E-state index is 0.00249. The summed E-state index contributed by atoms with van der Waals surface area (Å²) in [5.41, 5.74) is 6.73. The monoisotopic (exact) mass is 260 g/mol. The molecule has 5 heteroatoms. The molecular weight excluding hydrogens is 240 g/mol. The third-order valence-electron chi connectivity index (χ3n) is 3.37. The van der Waals surface area contributed by atoms with E-state index >= 15 is 0 Å². The third kappa shape index (κ3) is 3.47. The van der Waals surface area contributed by atoms with Crippen molar-refractivity contribution in [1.82, 2.24) is 4.90 Å². The minimum Gasteiger partial charge on any atom is -0.384 e. The molecule has 0 aliphatic carbocycles. The molecule has 0 radical (unpaired) electrons. The molecule has 0 bridgehead atoms.